The molecule has 0 spiro atoms. The fraction of sp³-hybridized carbons (Fsp3) is 0.435. The van der Waals surface area contributed by atoms with Crippen LogP contribution in [0.5, 0.6) is 0 Å². The Labute approximate surface area is 181 Å². The van der Waals surface area contributed by atoms with Crippen molar-refractivity contribution in [2.24, 2.45) is 0 Å². The molecule has 7 heteroatoms. The SMILES string of the molecule is CCc1cc2c(NCCc3ccccc3)nc(C3CCCCC3)nc2s1.O=C(O)O. The van der Waals surface area contributed by atoms with Crippen LogP contribution in [0.3, 0.4) is 0 Å². The first kappa shape index (κ1) is 22.0. The number of carbonyl (C=O) groups is 1. The summed E-state index contributed by atoms with van der Waals surface area (Å²) in [6.07, 6.45) is 6.70. The number of anilines is 1. The number of aromatic nitrogens is 2. The minimum atomic E-state index is -1.83. The van der Waals surface area contributed by atoms with Crippen molar-refractivity contribution in [3.05, 3.63) is 52.7 Å². The average Bonchev–Trinajstić information content (AvgIpc) is 3.18. The molecule has 4 rings (SSSR count). The third kappa shape index (κ3) is 6.16. The average molecular weight is 428 g/mol. The Balaban J connectivity index is 0.000000589. The summed E-state index contributed by atoms with van der Waals surface area (Å²) in [5, 5.41) is 18.7. The molecule has 6 nitrogen and oxygen atoms in total. The van der Waals surface area contributed by atoms with E-state index < -0.39 is 6.16 Å². The van der Waals surface area contributed by atoms with Gasteiger partial charge >= 0.3 is 6.16 Å². The second-order valence-corrected chi connectivity index (χ2v) is 8.61. The number of hydrogen-bond donors (Lipinski definition) is 3. The maximum absolute atomic E-state index is 8.56. The topological polar surface area (TPSA) is 95.3 Å². The van der Waals surface area contributed by atoms with Crippen LogP contribution < -0.4 is 5.32 Å². The highest BCUT2D eigenvalue weighted by molar-refractivity contribution is 7.18. The second kappa shape index (κ2) is 10.9. The van der Waals surface area contributed by atoms with Gasteiger partial charge in [0.05, 0.1) is 5.39 Å². The van der Waals surface area contributed by atoms with E-state index in [1.54, 1.807) is 0 Å². The van der Waals surface area contributed by atoms with Crippen LogP contribution in [-0.4, -0.2) is 32.9 Å². The van der Waals surface area contributed by atoms with Crippen LogP contribution in [0.25, 0.3) is 10.2 Å². The predicted octanol–water partition coefficient (Wildman–Crippen LogP) is 6.18. The fourth-order valence-corrected chi connectivity index (χ4v) is 4.78. The Hall–Kier alpha value is -2.67. The van der Waals surface area contributed by atoms with Gasteiger partial charge < -0.3 is 15.5 Å². The zero-order valence-corrected chi connectivity index (χ0v) is 18.1. The Morgan fingerprint density at radius 3 is 2.50 bits per heavy atom. The van der Waals surface area contributed by atoms with E-state index in [1.165, 1.54) is 47.9 Å². The van der Waals surface area contributed by atoms with Gasteiger partial charge in [-0.1, -0.05) is 56.5 Å². The molecule has 1 fully saturated rings. The lowest BCUT2D eigenvalue weighted by Gasteiger charge is -2.21. The third-order valence-corrected chi connectivity index (χ3v) is 6.50. The van der Waals surface area contributed by atoms with Crippen molar-refractivity contribution in [3.63, 3.8) is 0 Å². The fourth-order valence-electron chi connectivity index (χ4n) is 3.81. The van der Waals surface area contributed by atoms with E-state index in [1.807, 2.05) is 11.3 Å². The number of nitrogens with one attached hydrogen (secondary N) is 1. The Bertz CT molecular complexity index is 949. The van der Waals surface area contributed by atoms with Crippen molar-refractivity contribution in [2.45, 2.75) is 57.8 Å². The molecule has 0 unspecified atom stereocenters. The number of fused-ring (bicyclic) bond motifs is 1. The zero-order chi connectivity index (χ0) is 21.3. The van der Waals surface area contributed by atoms with Gasteiger partial charge in [0.15, 0.2) is 0 Å². The molecule has 1 aromatic carbocycles. The summed E-state index contributed by atoms with van der Waals surface area (Å²) < 4.78 is 0. The minimum absolute atomic E-state index is 0.537. The first-order valence-electron chi connectivity index (χ1n) is 10.6. The van der Waals surface area contributed by atoms with Crippen molar-refractivity contribution in [3.8, 4) is 0 Å². The number of hydrogen-bond acceptors (Lipinski definition) is 5. The summed E-state index contributed by atoms with van der Waals surface area (Å²) in [5.41, 5.74) is 1.36. The molecule has 0 aliphatic heterocycles. The van der Waals surface area contributed by atoms with Gasteiger partial charge in [0.2, 0.25) is 0 Å². The van der Waals surface area contributed by atoms with Crippen LogP contribution >= 0.6 is 11.3 Å². The molecule has 0 atom stereocenters. The first-order valence-corrected chi connectivity index (χ1v) is 11.4. The van der Waals surface area contributed by atoms with E-state index in [0.717, 1.165) is 35.9 Å². The van der Waals surface area contributed by atoms with Crippen molar-refractivity contribution in [1.82, 2.24) is 9.97 Å². The van der Waals surface area contributed by atoms with E-state index in [9.17, 15) is 0 Å². The molecule has 3 N–H and O–H groups in total. The van der Waals surface area contributed by atoms with Crippen LogP contribution in [0, 0.1) is 0 Å². The molecule has 0 radical (unpaired) electrons. The summed E-state index contributed by atoms with van der Waals surface area (Å²) in [4.78, 5) is 21.0. The van der Waals surface area contributed by atoms with Crippen LogP contribution in [0.2, 0.25) is 0 Å². The van der Waals surface area contributed by atoms with Crippen LogP contribution in [0.4, 0.5) is 10.6 Å². The highest BCUT2D eigenvalue weighted by atomic mass is 32.1. The van der Waals surface area contributed by atoms with Gasteiger partial charge in [0.25, 0.3) is 0 Å². The molecule has 0 bridgehead atoms. The molecule has 0 amide bonds. The monoisotopic (exact) mass is 427 g/mol. The lowest BCUT2D eigenvalue weighted by Crippen LogP contribution is -2.12. The minimum Gasteiger partial charge on any atom is -0.450 e. The van der Waals surface area contributed by atoms with E-state index in [2.05, 4.69) is 48.6 Å². The standard InChI is InChI=1S/C22H27N3S.CH2O3/c1-2-18-15-19-21(23-14-13-16-9-5-3-6-10-16)24-20(25-22(19)26-18)17-11-7-4-8-12-17;2-1(3)4/h3,5-6,9-10,15,17H,2,4,7-8,11-14H2,1H3,(H,23,24,25);(H2,2,3,4). The molecule has 1 aliphatic carbocycles. The molecule has 160 valence electrons. The molecule has 1 aliphatic rings. The van der Waals surface area contributed by atoms with Gasteiger partial charge in [-0.25, -0.2) is 14.8 Å². The quantitative estimate of drug-likeness (QED) is 0.435. The Kier molecular flexibility index (Phi) is 8.02. The van der Waals surface area contributed by atoms with Crippen molar-refractivity contribution in [2.75, 3.05) is 11.9 Å². The summed E-state index contributed by atoms with van der Waals surface area (Å²) in [7, 11) is 0. The van der Waals surface area contributed by atoms with Gasteiger partial charge in [0, 0.05) is 17.3 Å². The van der Waals surface area contributed by atoms with Gasteiger partial charge in [-0.15, -0.1) is 11.3 Å². The number of rotatable bonds is 6. The number of carboxylic acid groups (broad SMARTS) is 2. The van der Waals surface area contributed by atoms with Crippen molar-refractivity contribution in [1.29, 1.82) is 0 Å². The van der Waals surface area contributed by atoms with Crippen LogP contribution in [0.1, 0.15) is 61.2 Å². The van der Waals surface area contributed by atoms with Crippen molar-refractivity contribution < 1.29 is 15.0 Å². The molecule has 30 heavy (non-hydrogen) atoms. The Morgan fingerprint density at radius 2 is 1.83 bits per heavy atom. The molecule has 1 saturated carbocycles. The normalized spacial score (nSPS) is 14.2. The predicted molar refractivity (Wildman–Crippen MR) is 122 cm³/mol. The molecular weight excluding hydrogens is 398 g/mol. The number of thiophene rings is 1. The maximum Gasteiger partial charge on any atom is 0.503 e. The number of benzene rings is 1. The number of nitrogens with zero attached hydrogens (tertiary/aromatic N) is 2. The summed E-state index contributed by atoms with van der Waals surface area (Å²) >= 11 is 1.83. The number of aryl methyl sites for hydroxylation is 1. The zero-order valence-electron chi connectivity index (χ0n) is 17.3. The lowest BCUT2D eigenvalue weighted by molar-refractivity contribution is 0.137. The van der Waals surface area contributed by atoms with Gasteiger partial charge in [-0.05, 0) is 37.3 Å². The molecular formula is C23H29N3O3S. The van der Waals surface area contributed by atoms with Crippen molar-refractivity contribution >= 4 is 33.5 Å². The highest BCUT2D eigenvalue weighted by Crippen LogP contribution is 2.35. The molecule has 2 aromatic heterocycles. The van der Waals surface area contributed by atoms with Crippen LogP contribution in [-0.2, 0) is 12.8 Å². The third-order valence-electron chi connectivity index (χ3n) is 5.33. The van der Waals surface area contributed by atoms with Gasteiger partial charge in [-0.3, -0.25) is 0 Å². The largest absolute Gasteiger partial charge is 0.503 e. The first-order chi connectivity index (χ1) is 14.6. The second-order valence-electron chi connectivity index (χ2n) is 7.50. The summed E-state index contributed by atoms with van der Waals surface area (Å²) in [5.74, 6) is 2.63. The van der Waals surface area contributed by atoms with Gasteiger partial charge in [-0.2, -0.15) is 0 Å². The smallest absolute Gasteiger partial charge is 0.450 e. The van der Waals surface area contributed by atoms with Gasteiger partial charge in [0.1, 0.15) is 16.5 Å². The van der Waals surface area contributed by atoms with E-state index in [4.69, 9.17) is 25.0 Å². The van der Waals surface area contributed by atoms with Crippen LogP contribution in [0.15, 0.2) is 36.4 Å². The Morgan fingerprint density at radius 1 is 1.13 bits per heavy atom. The molecule has 3 aromatic rings. The molecule has 2 heterocycles. The van der Waals surface area contributed by atoms with E-state index >= 15 is 0 Å². The highest BCUT2D eigenvalue weighted by Gasteiger charge is 2.21. The summed E-state index contributed by atoms with van der Waals surface area (Å²) in [6, 6.07) is 12.9. The lowest BCUT2D eigenvalue weighted by atomic mass is 9.88. The van der Waals surface area contributed by atoms with E-state index in [-0.39, 0.29) is 0 Å². The maximum atomic E-state index is 8.56. The molecule has 0 saturated heterocycles. The summed E-state index contributed by atoms with van der Waals surface area (Å²) in [6.45, 7) is 3.11. The van der Waals surface area contributed by atoms with E-state index in [0.29, 0.717) is 5.92 Å².